The Morgan fingerprint density at radius 2 is 2.28 bits per heavy atom. The summed E-state index contributed by atoms with van der Waals surface area (Å²) in [7, 11) is 1.64. The highest BCUT2D eigenvalue weighted by Crippen LogP contribution is 2.27. The summed E-state index contributed by atoms with van der Waals surface area (Å²) in [6.07, 6.45) is 7.99. The van der Waals surface area contributed by atoms with Crippen molar-refractivity contribution in [3.8, 4) is 5.88 Å². The van der Waals surface area contributed by atoms with E-state index in [0.717, 1.165) is 23.4 Å². The molecule has 18 heavy (non-hydrogen) atoms. The van der Waals surface area contributed by atoms with E-state index in [9.17, 15) is 0 Å². The zero-order valence-corrected chi connectivity index (χ0v) is 12.6. The molecule has 0 N–H and O–H groups in total. The van der Waals surface area contributed by atoms with Gasteiger partial charge in [0.15, 0.2) is 0 Å². The number of hydrogen-bond acceptors (Lipinski definition) is 4. The SMILES string of the molecule is CCC1CCCCCN1c1ncc(Br)c(OC)n1. The molecule has 0 bridgehead atoms. The molecule has 4 nitrogen and oxygen atoms in total. The van der Waals surface area contributed by atoms with E-state index < -0.39 is 0 Å². The van der Waals surface area contributed by atoms with Crippen molar-refractivity contribution in [2.45, 2.75) is 45.1 Å². The molecule has 5 heteroatoms. The van der Waals surface area contributed by atoms with Gasteiger partial charge in [0.25, 0.3) is 0 Å². The number of halogens is 1. The monoisotopic (exact) mass is 313 g/mol. The Labute approximate surface area is 117 Å². The number of hydrogen-bond donors (Lipinski definition) is 0. The van der Waals surface area contributed by atoms with Gasteiger partial charge >= 0.3 is 0 Å². The topological polar surface area (TPSA) is 38.2 Å². The summed E-state index contributed by atoms with van der Waals surface area (Å²) in [4.78, 5) is 11.3. The van der Waals surface area contributed by atoms with E-state index in [1.165, 1.54) is 25.7 Å². The second kappa shape index (κ2) is 6.36. The van der Waals surface area contributed by atoms with Crippen LogP contribution in [0, 0.1) is 0 Å². The predicted octanol–water partition coefficient (Wildman–Crippen LogP) is 3.41. The van der Waals surface area contributed by atoms with E-state index in [4.69, 9.17) is 4.74 Å². The number of rotatable bonds is 3. The van der Waals surface area contributed by atoms with Crippen LogP contribution in [0.4, 0.5) is 5.95 Å². The fraction of sp³-hybridized carbons (Fsp3) is 0.692. The molecule has 1 aromatic heterocycles. The molecule has 1 aliphatic heterocycles. The highest BCUT2D eigenvalue weighted by atomic mass is 79.9. The van der Waals surface area contributed by atoms with Gasteiger partial charge in [0, 0.05) is 12.6 Å². The van der Waals surface area contributed by atoms with Crippen LogP contribution in [0.2, 0.25) is 0 Å². The molecule has 1 fully saturated rings. The number of aromatic nitrogens is 2. The largest absolute Gasteiger partial charge is 0.480 e. The smallest absolute Gasteiger partial charge is 0.232 e. The van der Waals surface area contributed by atoms with Crippen molar-refractivity contribution >= 4 is 21.9 Å². The minimum Gasteiger partial charge on any atom is -0.480 e. The Kier molecular flexibility index (Phi) is 4.80. The molecule has 0 aliphatic carbocycles. The summed E-state index contributed by atoms with van der Waals surface area (Å²) in [5.74, 6) is 1.41. The normalized spacial score (nSPS) is 20.6. The Hall–Kier alpha value is -0.840. The molecule has 0 aromatic carbocycles. The summed E-state index contributed by atoms with van der Waals surface area (Å²) in [5.41, 5.74) is 0. The highest BCUT2D eigenvalue weighted by molar-refractivity contribution is 9.10. The van der Waals surface area contributed by atoms with Gasteiger partial charge in [0.1, 0.15) is 0 Å². The second-order valence-corrected chi connectivity index (χ2v) is 5.49. The molecule has 0 saturated carbocycles. The maximum Gasteiger partial charge on any atom is 0.232 e. The van der Waals surface area contributed by atoms with Crippen molar-refractivity contribution in [2.75, 3.05) is 18.6 Å². The lowest BCUT2D eigenvalue weighted by Crippen LogP contribution is -2.35. The lowest BCUT2D eigenvalue weighted by Gasteiger charge is -2.29. The summed E-state index contributed by atoms with van der Waals surface area (Å²) in [5, 5.41) is 0. The van der Waals surface area contributed by atoms with E-state index in [1.807, 2.05) is 0 Å². The molecule has 1 saturated heterocycles. The first-order valence-corrected chi connectivity index (χ1v) is 7.38. The van der Waals surface area contributed by atoms with Crippen LogP contribution in [-0.4, -0.2) is 29.7 Å². The molecular formula is C13H20BrN3O. The Morgan fingerprint density at radius 3 is 3.00 bits per heavy atom. The van der Waals surface area contributed by atoms with Crippen LogP contribution in [0.1, 0.15) is 39.0 Å². The summed E-state index contributed by atoms with van der Waals surface area (Å²) in [6.45, 7) is 3.28. The number of nitrogens with zero attached hydrogens (tertiary/aromatic N) is 3. The average molecular weight is 314 g/mol. The summed E-state index contributed by atoms with van der Waals surface area (Å²) < 4.78 is 6.05. The van der Waals surface area contributed by atoms with Crippen molar-refractivity contribution < 1.29 is 4.74 Å². The lowest BCUT2D eigenvalue weighted by atomic mass is 10.1. The van der Waals surface area contributed by atoms with E-state index in [0.29, 0.717) is 11.9 Å². The molecule has 1 atom stereocenters. The first kappa shape index (κ1) is 13.6. The van der Waals surface area contributed by atoms with Crippen molar-refractivity contribution in [1.29, 1.82) is 0 Å². The van der Waals surface area contributed by atoms with E-state index >= 15 is 0 Å². The van der Waals surface area contributed by atoms with Gasteiger partial charge in [0.2, 0.25) is 11.8 Å². The average Bonchev–Trinajstić information content (AvgIpc) is 2.64. The standard InChI is InChI=1S/C13H20BrN3O/c1-3-10-7-5-4-6-8-17(10)13-15-9-11(14)12(16-13)18-2/h9-10H,3-8H2,1-2H3. The molecule has 1 aromatic rings. The fourth-order valence-electron chi connectivity index (χ4n) is 2.49. The van der Waals surface area contributed by atoms with Crippen LogP contribution in [0.5, 0.6) is 5.88 Å². The lowest BCUT2D eigenvalue weighted by molar-refractivity contribution is 0.392. The van der Waals surface area contributed by atoms with Crippen LogP contribution in [0.25, 0.3) is 0 Å². The molecule has 2 heterocycles. The predicted molar refractivity (Wildman–Crippen MR) is 76.2 cm³/mol. The summed E-state index contributed by atoms with van der Waals surface area (Å²) in [6, 6.07) is 0.554. The fourth-order valence-corrected chi connectivity index (χ4v) is 2.84. The number of methoxy groups -OCH3 is 1. The minimum absolute atomic E-state index is 0.554. The Balaban J connectivity index is 2.26. The van der Waals surface area contributed by atoms with Crippen molar-refractivity contribution in [2.24, 2.45) is 0 Å². The van der Waals surface area contributed by atoms with Crippen LogP contribution in [-0.2, 0) is 0 Å². The van der Waals surface area contributed by atoms with Crippen molar-refractivity contribution in [1.82, 2.24) is 9.97 Å². The number of ether oxygens (including phenoxy) is 1. The molecule has 1 unspecified atom stereocenters. The van der Waals surface area contributed by atoms with Gasteiger partial charge in [-0.2, -0.15) is 4.98 Å². The number of anilines is 1. The van der Waals surface area contributed by atoms with Gasteiger partial charge in [-0.1, -0.05) is 19.8 Å². The van der Waals surface area contributed by atoms with Gasteiger partial charge in [-0.15, -0.1) is 0 Å². The Bertz CT molecular complexity index is 400. The van der Waals surface area contributed by atoms with E-state index in [2.05, 4.69) is 37.7 Å². The van der Waals surface area contributed by atoms with Gasteiger partial charge in [0.05, 0.1) is 17.8 Å². The van der Waals surface area contributed by atoms with Crippen molar-refractivity contribution in [3.05, 3.63) is 10.7 Å². The Morgan fingerprint density at radius 1 is 1.44 bits per heavy atom. The third-order valence-electron chi connectivity index (χ3n) is 3.50. The van der Waals surface area contributed by atoms with Gasteiger partial charge in [-0.25, -0.2) is 4.98 Å². The zero-order chi connectivity index (χ0) is 13.0. The first-order chi connectivity index (χ1) is 8.76. The van der Waals surface area contributed by atoms with Crippen LogP contribution < -0.4 is 9.64 Å². The first-order valence-electron chi connectivity index (χ1n) is 6.59. The second-order valence-electron chi connectivity index (χ2n) is 4.63. The van der Waals surface area contributed by atoms with Gasteiger partial charge in [-0.05, 0) is 35.2 Å². The van der Waals surface area contributed by atoms with Crippen LogP contribution in [0.3, 0.4) is 0 Å². The minimum atomic E-state index is 0.554. The molecular weight excluding hydrogens is 294 g/mol. The maximum atomic E-state index is 5.25. The van der Waals surface area contributed by atoms with E-state index in [1.54, 1.807) is 13.3 Å². The molecule has 0 radical (unpaired) electrons. The third kappa shape index (κ3) is 2.94. The van der Waals surface area contributed by atoms with Crippen LogP contribution in [0.15, 0.2) is 10.7 Å². The quantitative estimate of drug-likeness (QED) is 0.857. The highest BCUT2D eigenvalue weighted by Gasteiger charge is 2.22. The van der Waals surface area contributed by atoms with Crippen LogP contribution >= 0.6 is 15.9 Å². The van der Waals surface area contributed by atoms with Crippen molar-refractivity contribution in [3.63, 3.8) is 0 Å². The molecule has 0 amide bonds. The molecule has 0 spiro atoms. The van der Waals surface area contributed by atoms with Gasteiger partial charge in [-0.3, -0.25) is 0 Å². The molecule has 100 valence electrons. The molecule has 1 aliphatic rings. The zero-order valence-electron chi connectivity index (χ0n) is 11.0. The third-order valence-corrected chi connectivity index (χ3v) is 4.04. The molecule has 2 rings (SSSR count). The maximum absolute atomic E-state index is 5.25. The van der Waals surface area contributed by atoms with Gasteiger partial charge < -0.3 is 9.64 Å². The van der Waals surface area contributed by atoms with E-state index in [-0.39, 0.29) is 0 Å². The summed E-state index contributed by atoms with van der Waals surface area (Å²) >= 11 is 3.39.